The summed E-state index contributed by atoms with van der Waals surface area (Å²) in [6.45, 7) is 9.08. The van der Waals surface area contributed by atoms with Crippen LogP contribution in [0.15, 0.2) is 18.2 Å². The molecule has 27 heavy (non-hydrogen) atoms. The topological polar surface area (TPSA) is 53.3 Å². The minimum Gasteiger partial charge on any atom is -0.480 e. The number of alkyl halides is 3. The van der Waals surface area contributed by atoms with E-state index in [4.69, 9.17) is 10.00 Å². The van der Waals surface area contributed by atoms with Crippen molar-refractivity contribution in [3.05, 3.63) is 29.3 Å². The van der Waals surface area contributed by atoms with Gasteiger partial charge in [0.25, 0.3) is 5.91 Å². The largest absolute Gasteiger partial charge is 0.480 e. The highest BCUT2D eigenvalue weighted by Crippen LogP contribution is 2.37. The van der Waals surface area contributed by atoms with Crippen molar-refractivity contribution >= 4 is 5.91 Å². The smallest absolute Gasteiger partial charge is 0.417 e. The summed E-state index contributed by atoms with van der Waals surface area (Å²) in [4.78, 5) is 14.5. The molecule has 1 aliphatic rings. The maximum Gasteiger partial charge on any atom is 0.417 e. The SMILES string of the molecule is CC(C)CCCN1CC(C)(C)C(Oc2ccc(C#N)c(C(F)(F)F)c2)C1=O. The van der Waals surface area contributed by atoms with Crippen LogP contribution in [-0.2, 0) is 11.0 Å². The fourth-order valence-corrected chi connectivity index (χ4v) is 3.31. The summed E-state index contributed by atoms with van der Waals surface area (Å²) in [6, 6.07) is 4.71. The molecule has 1 atom stereocenters. The summed E-state index contributed by atoms with van der Waals surface area (Å²) < 4.78 is 45.1. The molecule has 1 aromatic carbocycles. The van der Waals surface area contributed by atoms with Crippen molar-refractivity contribution in [3.8, 4) is 11.8 Å². The normalized spacial score (nSPS) is 19.4. The van der Waals surface area contributed by atoms with Gasteiger partial charge in [0, 0.05) is 18.5 Å². The Balaban J connectivity index is 2.19. The number of amides is 1. The van der Waals surface area contributed by atoms with Crippen molar-refractivity contribution in [3.63, 3.8) is 0 Å². The molecule has 1 unspecified atom stereocenters. The molecule has 0 spiro atoms. The number of carbonyl (C=O) groups excluding carboxylic acids is 1. The van der Waals surface area contributed by atoms with E-state index in [-0.39, 0.29) is 11.7 Å². The Hall–Kier alpha value is -2.23. The summed E-state index contributed by atoms with van der Waals surface area (Å²) in [7, 11) is 0. The number of halogens is 3. The van der Waals surface area contributed by atoms with Crippen LogP contribution in [0.5, 0.6) is 5.75 Å². The average molecular weight is 382 g/mol. The number of benzene rings is 1. The zero-order valence-corrected chi connectivity index (χ0v) is 16.1. The molecule has 1 fully saturated rings. The van der Waals surface area contributed by atoms with E-state index in [0.717, 1.165) is 25.0 Å². The molecular weight excluding hydrogens is 357 g/mol. The van der Waals surface area contributed by atoms with E-state index >= 15 is 0 Å². The number of nitriles is 1. The van der Waals surface area contributed by atoms with Crippen molar-refractivity contribution in [1.82, 2.24) is 4.90 Å². The number of rotatable bonds is 6. The molecular formula is C20H25F3N2O2. The molecule has 7 heteroatoms. The van der Waals surface area contributed by atoms with Gasteiger partial charge in [0.2, 0.25) is 0 Å². The predicted molar refractivity (Wildman–Crippen MR) is 95.0 cm³/mol. The van der Waals surface area contributed by atoms with Gasteiger partial charge in [0.1, 0.15) is 5.75 Å². The highest BCUT2D eigenvalue weighted by Gasteiger charge is 2.48. The molecule has 0 N–H and O–H groups in total. The number of hydrogen-bond donors (Lipinski definition) is 0. The van der Waals surface area contributed by atoms with E-state index in [2.05, 4.69) is 13.8 Å². The van der Waals surface area contributed by atoms with Gasteiger partial charge in [0.05, 0.1) is 17.2 Å². The van der Waals surface area contributed by atoms with Crippen LogP contribution in [0.4, 0.5) is 13.2 Å². The van der Waals surface area contributed by atoms with E-state index in [1.807, 2.05) is 13.8 Å². The average Bonchev–Trinajstić information content (AvgIpc) is 2.76. The first kappa shape index (κ1) is 21.1. The molecule has 0 aromatic heterocycles. The van der Waals surface area contributed by atoms with Crippen molar-refractivity contribution in [1.29, 1.82) is 5.26 Å². The predicted octanol–water partition coefficient (Wildman–Crippen LogP) is 4.63. The maximum atomic E-state index is 13.1. The summed E-state index contributed by atoms with van der Waals surface area (Å²) in [5.74, 6) is 0.278. The fourth-order valence-electron chi connectivity index (χ4n) is 3.31. The first-order valence-corrected chi connectivity index (χ1v) is 9.02. The Morgan fingerprint density at radius 1 is 1.37 bits per heavy atom. The van der Waals surface area contributed by atoms with E-state index in [0.29, 0.717) is 19.0 Å². The Labute approximate surface area is 157 Å². The summed E-state index contributed by atoms with van der Waals surface area (Å²) in [6.07, 6.45) is -3.64. The lowest BCUT2D eigenvalue weighted by atomic mass is 9.89. The number of likely N-dealkylation sites (tertiary alicyclic amines) is 1. The second-order valence-electron chi connectivity index (χ2n) is 8.10. The van der Waals surface area contributed by atoms with Crippen LogP contribution in [0.1, 0.15) is 51.7 Å². The molecule has 1 amide bonds. The van der Waals surface area contributed by atoms with Crippen molar-refractivity contribution < 1.29 is 22.7 Å². The minimum absolute atomic E-state index is 0.0585. The molecule has 0 aliphatic carbocycles. The van der Waals surface area contributed by atoms with Crippen LogP contribution in [0, 0.1) is 22.7 Å². The zero-order chi connectivity index (χ0) is 20.4. The third-order valence-electron chi connectivity index (χ3n) is 4.72. The van der Waals surface area contributed by atoms with Gasteiger partial charge in [0.15, 0.2) is 6.10 Å². The van der Waals surface area contributed by atoms with Crippen LogP contribution < -0.4 is 4.74 Å². The van der Waals surface area contributed by atoms with Crippen LogP contribution in [-0.4, -0.2) is 30.0 Å². The molecule has 1 heterocycles. The molecule has 2 rings (SSSR count). The van der Waals surface area contributed by atoms with E-state index in [1.165, 1.54) is 12.1 Å². The van der Waals surface area contributed by atoms with Gasteiger partial charge in [-0.3, -0.25) is 4.79 Å². The zero-order valence-electron chi connectivity index (χ0n) is 16.1. The standard InChI is InChI=1S/C20H25F3N2O2/c1-13(2)6-5-9-25-12-19(3,4)17(18(25)26)27-15-8-7-14(11-24)16(10-15)20(21,22)23/h7-8,10,13,17H,5-6,9,12H2,1-4H3. The minimum atomic E-state index is -4.66. The van der Waals surface area contributed by atoms with Crippen LogP contribution in [0.3, 0.4) is 0 Å². The number of carbonyl (C=O) groups is 1. The van der Waals surface area contributed by atoms with Gasteiger partial charge in [-0.15, -0.1) is 0 Å². The van der Waals surface area contributed by atoms with Crippen molar-refractivity contribution in [2.75, 3.05) is 13.1 Å². The monoisotopic (exact) mass is 382 g/mol. The number of hydrogen-bond acceptors (Lipinski definition) is 3. The van der Waals surface area contributed by atoms with Gasteiger partial charge in [-0.2, -0.15) is 18.4 Å². The third-order valence-corrected chi connectivity index (χ3v) is 4.72. The Morgan fingerprint density at radius 3 is 2.59 bits per heavy atom. The number of ether oxygens (including phenoxy) is 1. The quantitative estimate of drug-likeness (QED) is 0.721. The van der Waals surface area contributed by atoms with Gasteiger partial charge in [-0.25, -0.2) is 0 Å². The van der Waals surface area contributed by atoms with Gasteiger partial charge in [-0.1, -0.05) is 27.7 Å². The van der Waals surface area contributed by atoms with Crippen LogP contribution in [0.2, 0.25) is 0 Å². The first-order chi connectivity index (χ1) is 12.5. The summed E-state index contributed by atoms with van der Waals surface area (Å²) in [5.41, 5.74) is -2.05. The molecule has 0 saturated carbocycles. The van der Waals surface area contributed by atoms with Crippen molar-refractivity contribution in [2.24, 2.45) is 11.3 Å². The summed E-state index contributed by atoms with van der Waals surface area (Å²) in [5, 5.41) is 8.89. The molecule has 148 valence electrons. The molecule has 0 radical (unpaired) electrons. The Bertz CT molecular complexity index is 736. The van der Waals surface area contributed by atoms with Gasteiger partial charge >= 0.3 is 6.18 Å². The second kappa shape index (κ2) is 7.79. The molecule has 0 bridgehead atoms. The first-order valence-electron chi connectivity index (χ1n) is 9.02. The molecule has 1 saturated heterocycles. The lowest BCUT2D eigenvalue weighted by molar-refractivity contribution is -0.138. The number of nitrogens with zero attached hydrogens (tertiary/aromatic N) is 2. The van der Waals surface area contributed by atoms with Gasteiger partial charge < -0.3 is 9.64 Å². The summed E-state index contributed by atoms with van der Waals surface area (Å²) >= 11 is 0. The second-order valence-corrected chi connectivity index (χ2v) is 8.10. The van der Waals surface area contributed by atoms with Crippen LogP contribution >= 0.6 is 0 Å². The van der Waals surface area contributed by atoms with E-state index in [9.17, 15) is 18.0 Å². The third kappa shape index (κ3) is 4.94. The highest BCUT2D eigenvalue weighted by molar-refractivity contribution is 5.84. The van der Waals surface area contributed by atoms with E-state index in [1.54, 1.807) is 4.90 Å². The Morgan fingerprint density at radius 2 is 2.04 bits per heavy atom. The molecule has 1 aromatic rings. The maximum absolute atomic E-state index is 13.1. The lowest BCUT2D eigenvalue weighted by Crippen LogP contribution is -2.37. The molecule has 1 aliphatic heterocycles. The molecule has 4 nitrogen and oxygen atoms in total. The Kier molecular flexibility index (Phi) is 6.08. The van der Waals surface area contributed by atoms with Gasteiger partial charge in [-0.05, 0) is 37.0 Å². The van der Waals surface area contributed by atoms with E-state index < -0.39 is 28.8 Å². The highest BCUT2D eigenvalue weighted by atomic mass is 19.4. The lowest BCUT2D eigenvalue weighted by Gasteiger charge is -2.24. The fraction of sp³-hybridized carbons (Fsp3) is 0.600. The van der Waals surface area contributed by atoms with Crippen LogP contribution in [0.25, 0.3) is 0 Å². The van der Waals surface area contributed by atoms with Crippen molar-refractivity contribution in [2.45, 2.75) is 52.8 Å².